The van der Waals surface area contributed by atoms with Crippen molar-refractivity contribution in [2.24, 2.45) is 0 Å². The quantitative estimate of drug-likeness (QED) is 0.532. The number of fused-ring (bicyclic) bond motifs is 1. The summed E-state index contributed by atoms with van der Waals surface area (Å²) in [4.78, 5) is 14.2. The summed E-state index contributed by atoms with van der Waals surface area (Å²) < 4.78 is 6.44. The van der Waals surface area contributed by atoms with Gasteiger partial charge in [0.25, 0.3) is 5.82 Å². The molecule has 0 saturated carbocycles. The molecule has 1 aliphatic heterocycles. The second kappa shape index (κ2) is 5.94. The lowest BCUT2D eigenvalue weighted by atomic mass is 9.84. The number of hydrogen-bond donors (Lipinski definition) is 0. The van der Waals surface area contributed by atoms with E-state index in [1.54, 1.807) is 0 Å². The van der Waals surface area contributed by atoms with E-state index < -0.39 is 11.7 Å². The molecule has 1 aromatic heterocycles. The minimum absolute atomic E-state index is 0.0626. The van der Waals surface area contributed by atoms with Crippen molar-refractivity contribution in [1.82, 2.24) is 0 Å². The van der Waals surface area contributed by atoms with Crippen LogP contribution in [0.5, 0.6) is 0 Å². The fraction of sp³-hybridized carbons (Fsp3) is 0.684. The topological polar surface area (TPSA) is 56.5 Å². The molecule has 0 bridgehead atoms. The Morgan fingerprint density at radius 2 is 1.88 bits per heavy atom. The van der Waals surface area contributed by atoms with Gasteiger partial charge in [-0.1, -0.05) is 20.8 Å². The number of carbonyl (C=O) groups is 1. The summed E-state index contributed by atoms with van der Waals surface area (Å²) in [6, 6.07) is 2.02. The van der Waals surface area contributed by atoms with E-state index in [-0.39, 0.29) is 11.5 Å². The van der Waals surface area contributed by atoms with Crippen molar-refractivity contribution >= 4 is 11.9 Å². The Bertz CT molecular complexity index is 654. The Balaban J connectivity index is 2.58. The monoisotopic (exact) mass is 334 g/mol. The zero-order valence-corrected chi connectivity index (χ0v) is 16.2. The van der Waals surface area contributed by atoms with Crippen LogP contribution in [0, 0.1) is 12.1 Å². The molecule has 1 atom stereocenters. The Kier molecular flexibility index (Phi) is 4.59. The van der Waals surface area contributed by atoms with Gasteiger partial charge in [0.2, 0.25) is 0 Å². The molecule has 5 heteroatoms. The summed E-state index contributed by atoms with van der Waals surface area (Å²) in [5, 5.41) is 13.0. The first-order valence-electron chi connectivity index (χ1n) is 8.61. The molecule has 134 valence electrons. The summed E-state index contributed by atoms with van der Waals surface area (Å²) in [5.41, 5.74) is 1.87. The third kappa shape index (κ3) is 3.50. The predicted molar refractivity (Wildman–Crippen MR) is 95.3 cm³/mol. The molecule has 2 rings (SSSR count). The molecular formula is C19H30N2O3. The summed E-state index contributed by atoms with van der Waals surface area (Å²) >= 11 is 0. The number of nitrogens with zero attached hydrogens (tertiary/aromatic N) is 2. The van der Waals surface area contributed by atoms with E-state index in [1.807, 2.05) is 34.6 Å². The first-order valence-corrected chi connectivity index (χ1v) is 8.61. The van der Waals surface area contributed by atoms with Crippen molar-refractivity contribution in [3.63, 3.8) is 0 Å². The first kappa shape index (κ1) is 18.6. The fourth-order valence-electron chi connectivity index (χ4n) is 3.22. The highest BCUT2D eigenvalue weighted by molar-refractivity contribution is 5.88. The molecule has 1 aliphatic rings. The van der Waals surface area contributed by atoms with Crippen molar-refractivity contribution in [2.45, 2.75) is 85.3 Å². The van der Waals surface area contributed by atoms with Gasteiger partial charge in [-0.2, -0.15) is 9.69 Å². The molecule has 24 heavy (non-hydrogen) atoms. The standard InChI is InChI=1S/C19H30N2O3/c1-12-9-10-14-11-15(18(3,4)5)13(2)21(23)16(14)20(12)17(22)24-19(6,7)8/h11-12H,9-10H2,1-8H3. The van der Waals surface area contributed by atoms with Crippen molar-refractivity contribution in [3.05, 3.63) is 28.1 Å². The van der Waals surface area contributed by atoms with Crippen LogP contribution in [0.1, 0.15) is 71.7 Å². The van der Waals surface area contributed by atoms with Gasteiger partial charge < -0.3 is 9.94 Å². The van der Waals surface area contributed by atoms with Gasteiger partial charge in [-0.25, -0.2) is 4.73 Å². The minimum Gasteiger partial charge on any atom is -0.710 e. The third-order valence-electron chi connectivity index (χ3n) is 4.39. The lowest BCUT2D eigenvalue weighted by molar-refractivity contribution is -0.600. The van der Waals surface area contributed by atoms with Crippen molar-refractivity contribution in [3.8, 4) is 0 Å². The normalized spacial score (nSPS) is 18.3. The van der Waals surface area contributed by atoms with Gasteiger partial charge in [-0.15, -0.1) is 0 Å². The van der Waals surface area contributed by atoms with E-state index >= 15 is 0 Å². The van der Waals surface area contributed by atoms with Crippen LogP contribution in [0.4, 0.5) is 10.6 Å². The van der Waals surface area contributed by atoms with Crippen LogP contribution in [0.3, 0.4) is 0 Å². The molecule has 0 fully saturated rings. The maximum atomic E-state index is 13.0. The lowest BCUT2D eigenvalue weighted by Gasteiger charge is -2.34. The Hall–Kier alpha value is -1.78. The average Bonchev–Trinajstić information content (AvgIpc) is 2.39. The smallest absolute Gasteiger partial charge is 0.507 e. The average molecular weight is 334 g/mol. The van der Waals surface area contributed by atoms with E-state index in [0.29, 0.717) is 11.5 Å². The van der Waals surface area contributed by atoms with Crippen LogP contribution in [0.25, 0.3) is 0 Å². The van der Waals surface area contributed by atoms with Gasteiger partial charge >= 0.3 is 6.09 Å². The number of rotatable bonds is 0. The number of anilines is 1. The molecule has 0 aliphatic carbocycles. The zero-order chi connectivity index (χ0) is 18.4. The largest absolute Gasteiger partial charge is 0.710 e. The lowest BCUT2D eigenvalue weighted by Crippen LogP contribution is -2.52. The Morgan fingerprint density at radius 1 is 1.29 bits per heavy atom. The van der Waals surface area contributed by atoms with Crippen molar-refractivity contribution in [2.75, 3.05) is 4.90 Å². The number of aromatic nitrogens is 1. The van der Waals surface area contributed by atoms with E-state index in [2.05, 4.69) is 26.8 Å². The predicted octanol–water partition coefficient (Wildman–Crippen LogP) is 4.00. The molecule has 1 unspecified atom stereocenters. The zero-order valence-electron chi connectivity index (χ0n) is 16.2. The number of ether oxygens (including phenoxy) is 1. The number of amides is 1. The van der Waals surface area contributed by atoms with E-state index in [4.69, 9.17) is 4.74 Å². The fourth-order valence-corrected chi connectivity index (χ4v) is 3.22. The molecule has 1 aromatic rings. The van der Waals surface area contributed by atoms with E-state index in [9.17, 15) is 10.0 Å². The van der Waals surface area contributed by atoms with Crippen molar-refractivity contribution < 1.29 is 14.3 Å². The highest BCUT2D eigenvalue weighted by atomic mass is 16.6. The highest BCUT2D eigenvalue weighted by Crippen LogP contribution is 2.34. The van der Waals surface area contributed by atoms with Crippen LogP contribution >= 0.6 is 0 Å². The van der Waals surface area contributed by atoms with Crippen LogP contribution in [-0.2, 0) is 16.6 Å². The Labute approximate surface area is 145 Å². The molecule has 0 aromatic carbocycles. The number of pyridine rings is 1. The third-order valence-corrected chi connectivity index (χ3v) is 4.39. The van der Waals surface area contributed by atoms with Crippen LogP contribution in [-0.4, -0.2) is 17.7 Å². The maximum Gasteiger partial charge on any atom is 0.507 e. The van der Waals surface area contributed by atoms with Gasteiger partial charge in [0.15, 0.2) is 0 Å². The molecular weight excluding hydrogens is 304 g/mol. The summed E-state index contributed by atoms with van der Waals surface area (Å²) in [6.07, 6.45) is 1.16. The molecule has 0 N–H and O–H groups in total. The second-order valence-electron chi connectivity index (χ2n) is 8.77. The summed E-state index contributed by atoms with van der Waals surface area (Å²) in [6.45, 7) is 15.6. The van der Waals surface area contributed by atoms with Crippen LogP contribution in [0.15, 0.2) is 6.07 Å². The first-order chi connectivity index (χ1) is 10.8. The molecule has 2 heterocycles. The summed E-state index contributed by atoms with van der Waals surface area (Å²) in [7, 11) is 0. The number of aryl methyl sites for hydroxylation is 1. The SMILES string of the molecule is Cc1c(C(C)(C)C)cc2c([n+]1[O-])N(C(=O)OC(C)(C)C)C(C)CC2. The molecule has 1 amide bonds. The van der Waals surface area contributed by atoms with Gasteiger partial charge in [0, 0.05) is 11.1 Å². The summed E-state index contributed by atoms with van der Waals surface area (Å²) in [5.74, 6) is 0.425. The number of hydrogen-bond acceptors (Lipinski definition) is 3. The van der Waals surface area contributed by atoms with Gasteiger partial charge in [-0.3, -0.25) is 0 Å². The van der Waals surface area contributed by atoms with Crippen LogP contribution in [0.2, 0.25) is 0 Å². The highest BCUT2D eigenvalue weighted by Gasteiger charge is 2.41. The van der Waals surface area contributed by atoms with Gasteiger partial charge in [0.1, 0.15) is 17.3 Å². The molecule has 5 nitrogen and oxygen atoms in total. The maximum absolute atomic E-state index is 13.0. The minimum atomic E-state index is -0.595. The molecule has 0 saturated heterocycles. The van der Waals surface area contributed by atoms with Crippen LogP contribution < -0.4 is 9.63 Å². The Morgan fingerprint density at radius 3 is 2.38 bits per heavy atom. The number of carbonyl (C=O) groups excluding carboxylic acids is 1. The van der Waals surface area contributed by atoms with E-state index in [1.165, 1.54) is 4.90 Å². The van der Waals surface area contributed by atoms with Crippen molar-refractivity contribution in [1.29, 1.82) is 0 Å². The molecule has 0 spiro atoms. The molecule has 0 radical (unpaired) electrons. The van der Waals surface area contributed by atoms with Gasteiger partial charge in [-0.05, 0) is 58.9 Å². The second-order valence-corrected chi connectivity index (χ2v) is 8.77. The van der Waals surface area contributed by atoms with Gasteiger partial charge in [0.05, 0.1) is 0 Å². The van der Waals surface area contributed by atoms with E-state index in [0.717, 1.165) is 28.7 Å².